The first kappa shape index (κ1) is 10.7. The van der Waals surface area contributed by atoms with Crippen LogP contribution in [0.15, 0.2) is 0 Å². The van der Waals surface area contributed by atoms with Gasteiger partial charge in [0.2, 0.25) is 0 Å². The van der Waals surface area contributed by atoms with Crippen molar-refractivity contribution in [1.82, 2.24) is 0 Å². The molecule has 0 unspecified atom stereocenters. The Labute approximate surface area is 132 Å². The van der Waals surface area contributed by atoms with Gasteiger partial charge in [0, 0.05) is 8.22 Å². The zero-order valence-corrected chi connectivity index (χ0v) is 14.5. The summed E-state index contributed by atoms with van der Waals surface area (Å²) in [6.45, 7) is 16.2. The molecule has 114 valence electrons. The number of rotatable bonds is 6. The molecule has 0 spiro atoms. The van der Waals surface area contributed by atoms with Gasteiger partial charge in [0.15, 0.2) is 0 Å². The highest BCUT2D eigenvalue weighted by atomic mass is 14.2. The Morgan fingerprint density at radius 3 is 0.947 bits per heavy atom. The zero-order valence-electron chi connectivity index (χ0n) is 20.5. The minimum atomic E-state index is -0.963. The quantitative estimate of drug-likeness (QED) is 0.467. The summed E-state index contributed by atoms with van der Waals surface area (Å²) < 4.78 is 51.4. The Hall–Kier alpha value is 0.0649. The largest absolute Gasteiger partial charge is 0.139 e. The molecule has 0 aliphatic heterocycles. The summed E-state index contributed by atoms with van der Waals surface area (Å²) in [7, 11) is 0. The van der Waals surface area contributed by atoms with E-state index in [1.54, 1.807) is 0 Å². The molecule has 0 aromatic rings. The van der Waals surface area contributed by atoms with Gasteiger partial charge in [0.25, 0.3) is 0 Å². The molecule has 0 aromatic carbocycles. The Kier molecular flexibility index (Phi) is 4.06. The second kappa shape index (κ2) is 7.18. The van der Waals surface area contributed by atoms with Crippen LogP contribution in [0.1, 0.15) is 89.7 Å². The van der Waals surface area contributed by atoms with Crippen LogP contribution < -0.4 is 0 Å². The summed E-state index contributed by atoms with van der Waals surface area (Å²) in [4.78, 5) is 0. The van der Waals surface area contributed by atoms with Crippen LogP contribution in [0.4, 0.5) is 0 Å². The van der Waals surface area contributed by atoms with E-state index in [9.17, 15) is 0 Å². The molecule has 19 heavy (non-hydrogen) atoms. The normalized spacial score (nSPS) is 28.3. The van der Waals surface area contributed by atoms with Crippen molar-refractivity contribution >= 4 is 6.71 Å². The fraction of sp³-hybridized carbons (Fsp3) is 1.00. The maximum Gasteiger partial charge on any atom is 0.139 e. The predicted molar refractivity (Wildman–Crippen MR) is 92.4 cm³/mol. The summed E-state index contributed by atoms with van der Waals surface area (Å²) >= 11 is 0. The second-order valence-corrected chi connectivity index (χ2v) is 8.75. The van der Waals surface area contributed by atoms with Crippen molar-refractivity contribution in [3.8, 4) is 0 Å². The summed E-state index contributed by atoms with van der Waals surface area (Å²) in [6, 6.07) is 0. The fourth-order valence-electron chi connectivity index (χ4n) is 1.39. The molecule has 0 fully saturated rings. The summed E-state index contributed by atoms with van der Waals surface area (Å²) in [6.07, 6.45) is -5.19. The van der Waals surface area contributed by atoms with Crippen molar-refractivity contribution in [2.24, 2.45) is 16.2 Å². The maximum absolute atomic E-state index is 8.65. The van der Waals surface area contributed by atoms with Gasteiger partial charge in [-0.25, -0.2) is 0 Å². The van der Waals surface area contributed by atoms with Crippen LogP contribution in [-0.4, -0.2) is 6.71 Å². The lowest BCUT2D eigenvalue weighted by Crippen LogP contribution is -2.21. The topological polar surface area (TPSA) is 0 Å². The van der Waals surface area contributed by atoms with Crippen LogP contribution in [0.5, 0.6) is 0 Å². The molecule has 0 heterocycles. The number of hydrogen-bond donors (Lipinski definition) is 0. The van der Waals surface area contributed by atoms with Crippen molar-refractivity contribution in [1.29, 1.82) is 0 Å². The first-order valence-electron chi connectivity index (χ1n) is 10.8. The van der Waals surface area contributed by atoms with Gasteiger partial charge in [-0.2, -0.15) is 0 Å². The molecule has 0 saturated heterocycles. The highest BCUT2D eigenvalue weighted by molar-refractivity contribution is 6.58. The second-order valence-electron chi connectivity index (χ2n) is 8.75. The van der Waals surface area contributed by atoms with Crippen molar-refractivity contribution in [2.75, 3.05) is 0 Å². The molecular formula is C18H39B. The molecule has 0 aliphatic carbocycles. The summed E-state index contributed by atoms with van der Waals surface area (Å²) in [5, 5.41) is 0. The van der Waals surface area contributed by atoms with E-state index >= 15 is 0 Å². The van der Waals surface area contributed by atoms with Gasteiger partial charge in [-0.05, 0) is 16.2 Å². The van der Waals surface area contributed by atoms with E-state index in [-0.39, 0.29) is 0 Å². The molecule has 1 heteroatoms. The molecule has 0 nitrogen and oxygen atoms in total. The SMILES string of the molecule is [2H][C@H](B([C@@H]([2H])[C@@H]([2H])C(C)(C)C)[C@@H]([2H])[C@@H]([2H])C(C)(C)C)[C@@H]([2H])C(C)(C)C. The van der Waals surface area contributed by atoms with E-state index in [0.29, 0.717) is 0 Å². The molecule has 0 N–H and O–H groups in total. The van der Waals surface area contributed by atoms with Crippen LogP contribution >= 0.6 is 0 Å². The lowest BCUT2D eigenvalue weighted by molar-refractivity contribution is 0.380. The van der Waals surface area contributed by atoms with Gasteiger partial charge in [-0.15, -0.1) is 0 Å². The van der Waals surface area contributed by atoms with Gasteiger partial charge in [-0.3, -0.25) is 0 Å². The Bertz CT molecular complexity index is 347. The average molecular weight is 272 g/mol. The minimum Gasteiger partial charge on any atom is -0.0736 e. The number of hydrogen-bond acceptors (Lipinski definition) is 0. The first-order valence-corrected chi connectivity index (χ1v) is 7.37. The minimum absolute atomic E-state index is 0.442. The first-order chi connectivity index (χ1) is 10.8. The van der Waals surface area contributed by atoms with Crippen LogP contribution in [0.2, 0.25) is 18.9 Å². The van der Waals surface area contributed by atoms with E-state index in [4.69, 9.17) is 8.22 Å². The van der Waals surface area contributed by atoms with Crippen LogP contribution in [0, 0.1) is 16.2 Å². The van der Waals surface area contributed by atoms with E-state index in [2.05, 4.69) is 0 Å². The standard InChI is InChI=1S/C18H39B/c1-16(2,3)10-13-19(14-11-17(4,5)6)15-12-18(7,8)9/h10-15H2,1-9H3/i10D,11D,12D,13D,14D,15D/t10-,11-,12-,13+,14+,15+/m1/s1. The highest BCUT2D eigenvalue weighted by Crippen LogP contribution is 2.31. The van der Waals surface area contributed by atoms with E-state index in [0.717, 1.165) is 0 Å². The van der Waals surface area contributed by atoms with Gasteiger partial charge in [-0.1, -0.05) is 100 Å². The third-order valence-electron chi connectivity index (χ3n) is 2.46. The van der Waals surface area contributed by atoms with Gasteiger partial charge in [0.1, 0.15) is 6.71 Å². The van der Waals surface area contributed by atoms with Crippen LogP contribution in [0.25, 0.3) is 0 Å². The summed E-state index contributed by atoms with van der Waals surface area (Å²) in [5.41, 5.74) is -1.33. The Morgan fingerprint density at radius 1 is 0.579 bits per heavy atom. The van der Waals surface area contributed by atoms with E-state index < -0.39 is 61.0 Å². The Morgan fingerprint density at radius 2 is 0.789 bits per heavy atom. The third-order valence-corrected chi connectivity index (χ3v) is 2.46. The third kappa shape index (κ3) is 14.3. The lowest BCUT2D eigenvalue weighted by Gasteiger charge is -2.26. The molecule has 0 aromatic heterocycles. The molecule has 0 saturated carbocycles. The smallest absolute Gasteiger partial charge is 0.0736 e. The molecular weight excluding hydrogens is 227 g/mol. The fourth-order valence-corrected chi connectivity index (χ4v) is 1.39. The molecule has 0 bridgehead atoms. The van der Waals surface area contributed by atoms with Crippen molar-refractivity contribution < 1.29 is 8.22 Å². The lowest BCUT2D eigenvalue weighted by atomic mass is 9.39. The van der Waals surface area contributed by atoms with Crippen molar-refractivity contribution in [3.63, 3.8) is 0 Å². The van der Waals surface area contributed by atoms with Gasteiger partial charge in [0.05, 0.1) is 0 Å². The summed E-state index contributed by atoms with van der Waals surface area (Å²) in [5.74, 6) is 0. The molecule has 0 radical (unpaired) electrons. The maximum atomic E-state index is 8.65. The monoisotopic (exact) mass is 272 g/mol. The van der Waals surface area contributed by atoms with Crippen molar-refractivity contribution in [2.45, 2.75) is 100 Å². The highest BCUT2D eigenvalue weighted by Gasteiger charge is 2.22. The molecule has 0 aliphatic rings. The van der Waals surface area contributed by atoms with E-state index in [1.165, 1.54) is 0 Å². The Balaban J connectivity index is 5.90. The zero-order chi connectivity index (χ0) is 20.5. The predicted octanol–water partition coefficient (Wildman–Crippen LogP) is 6.79. The van der Waals surface area contributed by atoms with E-state index in [1.807, 2.05) is 62.3 Å². The van der Waals surface area contributed by atoms with Gasteiger partial charge < -0.3 is 0 Å². The van der Waals surface area contributed by atoms with Crippen LogP contribution in [0.3, 0.4) is 0 Å². The molecule has 0 amide bonds. The van der Waals surface area contributed by atoms with Crippen LogP contribution in [-0.2, 0) is 0 Å². The molecule has 0 rings (SSSR count). The van der Waals surface area contributed by atoms with Crippen molar-refractivity contribution in [3.05, 3.63) is 0 Å². The van der Waals surface area contributed by atoms with Gasteiger partial charge >= 0.3 is 0 Å². The molecule has 6 atom stereocenters. The average Bonchev–Trinajstić information content (AvgIpc) is 2.41.